The van der Waals surface area contributed by atoms with Crippen LogP contribution in [0.25, 0.3) is 0 Å². The van der Waals surface area contributed by atoms with E-state index in [4.69, 9.17) is 5.84 Å². The molecule has 1 fully saturated rings. The van der Waals surface area contributed by atoms with E-state index in [9.17, 15) is 0 Å². The van der Waals surface area contributed by atoms with Gasteiger partial charge in [-0.2, -0.15) is 0 Å². The molecule has 0 bridgehead atoms. The van der Waals surface area contributed by atoms with Gasteiger partial charge in [-0.25, -0.2) is 0 Å². The lowest BCUT2D eigenvalue weighted by Crippen LogP contribution is -2.48. The molecule has 2 aromatic rings. The minimum Gasteiger partial charge on any atom is -0.271 e. The number of benzene rings is 2. The molecule has 1 aliphatic carbocycles. The molecular weight excluding hydrogens is 232 g/mol. The van der Waals surface area contributed by atoms with Crippen LogP contribution in [0.2, 0.25) is 0 Å². The molecule has 0 amide bonds. The molecule has 1 unspecified atom stereocenters. The van der Waals surface area contributed by atoms with E-state index in [-0.39, 0.29) is 11.5 Å². The lowest BCUT2D eigenvalue weighted by atomic mass is 9.59. The zero-order valence-corrected chi connectivity index (χ0v) is 11.0. The van der Waals surface area contributed by atoms with Crippen LogP contribution in [0.4, 0.5) is 0 Å². The van der Waals surface area contributed by atoms with E-state index in [1.807, 2.05) is 6.07 Å². The van der Waals surface area contributed by atoms with E-state index >= 15 is 0 Å². The molecule has 1 atom stereocenters. The molecule has 19 heavy (non-hydrogen) atoms. The lowest BCUT2D eigenvalue weighted by molar-refractivity contribution is 0.170. The van der Waals surface area contributed by atoms with Gasteiger partial charge in [-0.3, -0.25) is 11.3 Å². The summed E-state index contributed by atoms with van der Waals surface area (Å²) in [4.78, 5) is 0. The molecule has 3 rings (SSSR count). The molecule has 0 heterocycles. The topological polar surface area (TPSA) is 38.0 Å². The highest BCUT2D eigenvalue weighted by molar-refractivity contribution is 5.35. The molecule has 3 N–H and O–H groups in total. The van der Waals surface area contributed by atoms with Gasteiger partial charge in [0.05, 0.1) is 6.04 Å². The molecule has 0 spiro atoms. The molecule has 2 nitrogen and oxygen atoms in total. The van der Waals surface area contributed by atoms with Crippen molar-refractivity contribution < 1.29 is 0 Å². The van der Waals surface area contributed by atoms with Crippen molar-refractivity contribution in [1.29, 1.82) is 0 Å². The first-order valence-corrected chi connectivity index (χ1v) is 6.93. The summed E-state index contributed by atoms with van der Waals surface area (Å²) in [7, 11) is 0. The zero-order chi connectivity index (χ0) is 13.1. The van der Waals surface area contributed by atoms with Crippen LogP contribution in [-0.4, -0.2) is 0 Å². The van der Waals surface area contributed by atoms with E-state index in [1.54, 1.807) is 0 Å². The Labute approximate surface area is 114 Å². The summed E-state index contributed by atoms with van der Waals surface area (Å²) in [5.41, 5.74) is 5.88. The smallest absolute Gasteiger partial charge is 0.0556 e. The molecule has 1 saturated carbocycles. The third-order valence-corrected chi connectivity index (χ3v) is 4.45. The standard InChI is InChI=1S/C17H20N2/c18-19-16(14-8-3-1-4-9-14)17(12-7-13-17)15-10-5-2-6-11-15/h1-6,8-11,16,19H,7,12-13,18H2. The maximum Gasteiger partial charge on any atom is 0.0556 e. The monoisotopic (exact) mass is 252 g/mol. The first-order valence-electron chi connectivity index (χ1n) is 6.93. The first-order chi connectivity index (χ1) is 9.37. The molecular formula is C17H20N2. The van der Waals surface area contributed by atoms with Crippen LogP contribution < -0.4 is 11.3 Å². The number of hydrazine groups is 1. The lowest BCUT2D eigenvalue weighted by Gasteiger charge is -2.48. The molecule has 0 aliphatic heterocycles. The molecule has 0 radical (unpaired) electrons. The van der Waals surface area contributed by atoms with Crippen molar-refractivity contribution in [2.24, 2.45) is 5.84 Å². The summed E-state index contributed by atoms with van der Waals surface area (Å²) in [6.07, 6.45) is 3.67. The summed E-state index contributed by atoms with van der Waals surface area (Å²) in [5, 5.41) is 0. The quantitative estimate of drug-likeness (QED) is 0.647. The van der Waals surface area contributed by atoms with Gasteiger partial charge >= 0.3 is 0 Å². The Hall–Kier alpha value is -1.64. The maximum absolute atomic E-state index is 5.89. The molecule has 0 aromatic heterocycles. The first kappa shape index (κ1) is 12.4. The highest BCUT2D eigenvalue weighted by Crippen LogP contribution is 2.51. The Balaban J connectivity index is 2.01. The van der Waals surface area contributed by atoms with Gasteiger partial charge < -0.3 is 0 Å². The summed E-state index contributed by atoms with van der Waals surface area (Å²) < 4.78 is 0. The predicted molar refractivity (Wildman–Crippen MR) is 78.5 cm³/mol. The van der Waals surface area contributed by atoms with Gasteiger partial charge in [0.15, 0.2) is 0 Å². The highest BCUT2D eigenvalue weighted by atomic mass is 15.2. The van der Waals surface area contributed by atoms with Crippen molar-refractivity contribution in [3.8, 4) is 0 Å². The number of nitrogens with one attached hydrogen (secondary N) is 1. The fraction of sp³-hybridized carbons (Fsp3) is 0.294. The van der Waals surface area contributed by atoms with Gasteiger partial charge in [-0.1, -0.05) is 67.1 Å². The highest BCUT2D eigenvalue weighted by Gasteiger charge is 2.45. The van der Waals surface area contributed by atoms with Crippen molar-refractivity contribution in [3.05, 3.63) is 71.8 Å². The van der Waals surface area contributed by atoms with E-state index in [2.05, 4.69) is 60.0 Å². The third kappa shape index (κ3) is 2.07. The SMILES string of the molecule is NNC(c1ccccc1)C1(c2ccccc2)CCC1. The second-order valence-corrected chi connectivity index (χ2v) is 5.39. The molecule has 2 heteroatoms. The van der Waals surface area contributed by atoms with Gasteiger partial charge in [-0.15, -0.1) is 0 Å². The van der Waals surface area contributed by atoms with Crippen LogP contribution in [0.1, 0.15) is 36.4 Å². The maximum atomic E-state index is 5.89. The van der Waals surface area contributed by atoms with Gasteiger partial charge in [-0.05, 0) is 24.0 Å². The third-order valence-electron chi connectivity index (χ3n) is 4.45. The van der Waals surface area contributed by atoms with Gasteiger partial charge in [0.25, 0.3) is 0 Å². The zero-order valence-electron chi connectivity index (χ0n) is 11.0. The van der Waals surface area contributed by atoms with Gasteiger partial charge in [0, 0.05) is 5.41 Å². The van der Waals surface area contributed by atoms with Crippen LogP contribution in [0.3, 0.4) is 0 Å². The molecule has 98 valence electrons. The molecule has 2 aromatic carbocycles. The fourth-order valence-corrected chi connectivity index (χ4v) is 3.29. The van der Waals surface area contributed by atoms with Crippen molar-refractivity contribution in [2.45, 2.75) is 30.7 Å². The summed E-state index contributed by atoms with van der Waals surface area (Å²) in [6, 6.07) is 21.5. The van der Waals surface area contributed by atoms with Crippen LogP contribution in [0.15, 0.2) is 60.7 Å². The number of hydrogen-bond donors (Lipinski definition) is 2. The average molecular weight is 252 g/mol. The van der Waals surface area contributed by atoms with Crippen LogP contribution in [-0.2, 0) is 5.41 Å². The number of rotatable bonds is 4. The Morgan fingerprint density at radius 3 is 1.95 bits per heavy atom. The van der Waals surface area contributed by atoms with Crippen LogP contribution in [0, 0.1) is 0 Å². The Morgan fingerprint density at radius 1 is 0.895 bits per heavy atom. The van der Waals surface area contributed by atoms with Crippen LogP contribution in [0.5, 0.6) is 0 Å². The van der Waals surface area contributed by atoms with Crippen molar-refractivity contribution >= 4 is 0 Å². The normalized spacial score (nSPS) is 18.6. The summed E-state index contributed by atoms with van der Waals surface area (Å²) in [6.45, 7) is 0. The molecule has 0 saturated heterocycles. The van der Waals surface area contributed by atoms with E-state index in [0.717, 1.165) is 0 Å². The van der Waals surface area contributed by atoms with Crippen molar-refractivity contribution in [3.63, 3.8) is 0 Å². The average Bonchev–Trinajstić information content (AvgIpc) is 2.44. The second-order valence-electron chi connectivity index (χ2n) is 5.39. The van der Waals surface area contributed by atoms with Crippen molar-refractivity contribution in [1.82, 2.24) is 5.43 Å². The number of hydrogen-bond acceptors (Lipinski definition) is 2. The minimum absolute atomic E-state index is 0.150. The Bertz CT molecular complexity index is 517. The Morgan fingerprint density at radius 2 is 1.47 bits per heavy atom. The van der Waals surface area contributed by atoms with Crippen molar-refractivity contribution in [2.75, 3.05) is 0 Å². The summed E-state index contributed by atoms with van der Waals surface area (Å²) >= 11 is 0. The number of nitrogens with two attached hydrogens (primary N) is 1. The Kier molecular flexibility index (Phi) is 3.36. The fourth-order valence-electron chi connectivity index (χ4n) is 3.29. The molecule has 1 aliphatic rings. The minimum atomic E-state index is 0.150. The largest absolute Gasteiger partial charge is 0.271 e. The van der Waals surface area contributed by atoms with E-state index in [0.29, 0.717) is 0 Å². The summed E-state index contributed by atoms with van der Waals surface area (Å²) in [5.74, 6) is 5.89. The van der Waals surface area contributed by atoms with E-state index in [1.165, 1.54) is 30.4 Å². The second kappa shape index (κ2) is 5.16. The van der Waals surface area contributed by atoms with Crippen LogP contribution >= 0.6 is 0 Å². The van der Waals surface area contributed by atoms with E-state index < -0.39 is 0 Å². The predicted octanol–water partition coefficient (Wildman–Crippen LogP) is 3.31. The van der Waals surface area contributed by atoms with Gasteiger partial charge in [0.2, 0.25) is 0 Å². The van der Waals surface area contributed by atoms with Gasteiger partial charge in [0.1, 0.15) is 0 Å².